The molecule has 0 radical (unpaired) electrons. The van der Waals surface area contributed by atoms with Crippen molar-refractivity contribution in [2.24, 2.45) is 0 Å². The van der Waals surface area contributed by atoms with Gasteiger partial charge in [-0.2, -0.15) is 0 Å². The Bertz CT molecular complexity index is 804. The highest BCUT2D eigenvalue weighted by atomic mass is 16.5. The number of nitrogens with one attached hydrogen (secondary N) is 1. The molecule has 0 atom stereocenters. The Labute approximate surface area is 160 Å². The fourth-order valence-corrected chi connectivity index (χ4v) is 3.42. The van der Waals surface area contributed by atoms with E-state index in [2.05, 4.69) is 17.4 Å². The van der Waals surface area contributed by atoms with Gasteiger partial charge in [0.15, 0.2) is 0 Å². The zero-order valence-electron chi connectivity index (χ0n) is 15.7. The first kappa shape index (κ1) is 19.0. The molecule has 1 heterocycles. The summed E-state index contributed by atoms with van der Waals surface area (Å²) in [5, 5.41) is 2.85. The molecule has 0 spiro atoms. The first-order chi connectivity index (χ1) is 13.2. The Balaban J connectivity index is 1.39. The third-order valence-electron chi connectivity index (χ3n) is 4.96. The predicted octanol–water partition coefficient (Wildman–Crippen LogP) is 2.72. The van der Waals surface area contributed by atoms with Crippen molar-refractivity contribution in [3.8, 4) is 5.75 Å². The van der Waals surface area contributed by atoms with Gasteiger partial charge < -0.3 is 15.0 Å². The van der Waals surface area contributed by atoms with Crippen LogP contribution in [-0.2, 0) is 29.0 Å². The van der Waals surface area contributed by atoms with Crippen LogP contribution >= 0.6 is 0 Å². The van der Waals surface area contributed by atoms with E-state index in [0.29, 0.717) is 32.4 Å². The van der Waals surface area contributed by atoms with E-state index in [9.17, 15) is 9.59 Å². The summed E-state index contributed by atoms with van der Waals surface area (Å²) in [6.45, 7) is 1.79. The number of para-hydroxylation sites is 1. The number of fused-ring (bicyclic) bond motifs is 1. The van der Waals surface area contributed by atoms with Gasteiger partial charge in [-0.05, 0) is 35.6 Å². The maximum atomic E-state index is 12.4. The van der Waals surface area contributed by atoms with E-state index in [4.69, 9.17) is 4.74 Å². The first-order valence-electron chi connectivity index (χ1n) is 9.40. The fraction of sp³-hybridized carbons (Fsp3) is 0.364. The quantitative estimate of drug-likeness (QED) is 0.820. The molecular weight excluding hydrogens is 340 g/mol. The van der Waals surface area contributed by atoms with Gasteiger partial charge in [0.1, 0.15) is 5.75 Å². The van der Waals surface area contributed by atoms with Gasteiger partial charge in [0.25, 0.3) is 0 Å². The molecule has 0 fully saturated rings. The van der Waals surface area contributed by atoms with E-state index in [1.54, 1.807) is 7.11 Å². The van der Waals surface area contributed by atoms with Crippen LogP contribution in [-0.4, -0.2) is 36.9 Å². The summed E-state index contributed by atoms with van der Waals surface area (Å²) in [4.78, 5) is 26.3. The van der Waals surface area contributed by atoms with Gasteiger partial charge in [-0.3, -0.25) is 9.59 Å². The van der Waals surface area contributed by atoms with Crippen molar-refractivity contribution < 1.29 is 14.3 Å². The minimum absolute atomic E-state index is 0.0438. The van der Waals surface area contributed by atoms with Crippen LogP contribution in [0.5, 0.6) is 5.75 Å². The van der Waals surface area contributed by atoms with Gasteiger partial charge in [-0.15, -0.1) is 0 Å². The van der Waals surface area contributed by atoms with Crippen molar-refractivity contribution in [3.05, 3.63) is 65.2 Å². The van der Waals surface area contributed by atoms with Gasteiger partial charge in [0.05, 0.1) is 7.11 Å². The van der Waals surface area contributed by atoms with Crippen molar-refractivity contribution in [3.63, 3.8) is 0 Å². The average Bonchev–Trinajstić information content (AvgIpc) is 2.72. The summed E-state index contributed by atoms with van der Waals surface area (Å²) in [6, 6.07) is 15.9. The normalized spacial score (nSPS) is 13.0. The van der Waals surface area contributed by atoms with Gasteiger partial charge >= 0.3 is 0 Å². The van der Waals surface area contributed by atoms with Crippen molar-refractivity contribution in [1.82, 2.24) is 10.2 Å². The Morgan fingerprint density at radius 1 is 1.04 bits per heavy atom. The highest BCUT2D eigenvalue weighted by molar-refractivity contribution is 5.79. The molecule has 0 saturated carbocycles. The van der Waals surface area contributed by atoms with Crippen molar-refractivity contribution >= 4 is 11.8 Å². The van der Waals surface area contributed by atoms with Gasteiger partial charge in [-0.1, -0.05) is 42.5 Å². The first-order valence-corrected chi connectivity index (χ1v) is 9.40. The Morgan fingerprint density at radius 2 is 1.78 bits per heavy atom. The summed E-state index contributed by atoms with van der Waals surface area (Å²) in [5.74, 6) is 0.845. The average molecular weight is 366 g/mol. The molecule has 0 bridgehead atoms. The molecule has 5 heteroatoms. The van der Waals surface area contributed by atoms with Crippen molar-refractivity contribution in [2.75, 3.05) is 20.2 Å². The second-order valence-electron chi connectivity index (χ2n) is 6.75. The fourth-order valence-electron chi connectivity index (χ4n) is 3.42. The predicted molar refractivity (Wildman–Crippen MR) is 105 cm³/mol. The molecule has 3 rings (SSSR count). The molecule has 0 aliphatic carbocycles. The lowest BCUT2D eigenvalue weighted by atomic mass is 10.00. The van der Waals surface area contributed by atoms with Crippen LogP contribution in [0.25, 0.3) is 0 Å². The van der Waals surface area contributed by atoms with Gasteiger partial charge in [0.2, 0.25) is 11.8 Å². The highest BCUT2D eigenvalue weighted by Gasteiger charge is 2.20. The highest BCUT2D eigenvalue weighted by Crippen LogP contribution is 2.19. The molecule has 0 unspecified atom stereocenters. The zero-order chi connectivity index (χ0) is 19.1. The van der Waals surface area contributed by atoms with Crippen LogP contribution in [0.4, 0.5) is 0 Å². The lowest BCUT2D eigenvalue weighted by Gasteiger charge is -2.29. The zero-order valence-corrected chi connectivity index (χ0v) is 15.7. The van der Waals surface area contributed by atoms with Crippen LogP contribution in [0.1, 0.15) is 29.5 Å². The van der Waals surface area contributed by atoms with E-state index in [1.807, 2.05) is 41.3 Å². The van der Waals surface area contributed by atoms with Crippen LogP contribution in [0.2, 0.25) is 0 Å². The molecule has 2 amide bonds. The maximum Gasteiger partial charge on any atom is 0.224 e. The molecule has 27 heavy (non-hydrogen) atoms. The minimum atomic E-state index is -0.0438. The lowest BCUT2D eigenvalue weighted by molar-refractivity contribution is -0.132. The van der Waals surface area contributed by atoms with E-state index in [1.165, 1.54) is 11.1 Å². The van der Waals surface area contributed by atoms with Crippen molar-refractivity contribution in [2.45, 2.75) is 32.2 Å². The summed E-state index contributed by atoms with van der Waals surface area (Å²) >= 11 is 0. The van der Waals surface area contributed by atoms with Crippen LogP contribution in [0.3, 0.4) is 0 Å². The van der Waals surface area contributed by atoms with Crippen molar-refractivity contribution in [1.29, 1.82) is 0 Å². The molecule has 2 aromatic carbocycles. The Hall–Kier alpha value is -2.82. The maximum absolute atomic E-state index is 12.4. The van der Waals surface area contributed by atoms with Gasteiger partial charge in [0, 0.05) is 32.5 Å². The van der Waals surface area contributed by atoms with Crippen LogP contribution < -0.4 is 10.1 Å². The van der Waals surface area contributed by atoms with E-state index >= 15 is 0 Å². The topological polar surface area (TPSA) is 58.6 Å². The molecule has 1 N–H and O–H groups in total. The molecule has 0 aromatic heterocycles. The molecular formula is C22H26N2O3. The molecule has 5 nitrogen and oxygen atoms in total. The number of hydrogen-bond acceptors (Lipinski definition) is 3. The Morgan fingerprint density at radius 3 is 2.59 bits per heavy atom. The van der Waals surface area contributed by atoms with Crippen LogP contribution in [0.15, 0.2) is 48.5 Å². The molecule has 0 saturated heterocycles. The number of nitrogens with zero attached hydrogens (tertiary/aromatic N) is 1. The minimum Gasteiger partial charge on any atom is -0.496 e. The SMILES string of the molecule is COc1ccccc1CCC(=O)NCCC(=O)N1CCc2ccccc2C1. The number of carbonyl (C=O) groups excluding carboxylic acids is 2. The summed E-state index contributed by atoms with van der Waals surface area (Å²) in [7, 11) is 1.63. The number of hydrogen-bond donors (Lipinski definition) is 1. The Kier molecular flexibility index (Phi) is 6.47. The summed E-state index contributed by atoms with van der Waals surface area (Å²) in [5.41, 5.74) is 3.56. The molecule has 142 valence electrons. The summed E-state index contributed by atoms with van der Waals surface area (Å²) in [6.07, 6.45) is 2.23. The number of carbonyl (C=O) groups is 2. The second kappa shape index (κ2) is 9.21. The molecule has 1 aliphatic rings. The smallest absolute Gasteiger partial charge is 0.224 e. The lowest BCUT2D eigenvalue weighted by Crippen LogP contribution is -2.38. The summed E-state index contributed by atoms with van der Waals surface area (Å²) < 4.78 is 5.30. The number of aryl methyl sites for hydroxylation is 1. The number of benzene rings is 2. The molecule has 2 aromatic rings. The second-order valence-corrected chi connectivity index (χ2v) is 6.75. The molecule has 1 aliphatic heterocycles. The van der Waals surface area contributed by atoms with E-state index in [0.717, 1.165) is 24.3 Å². The largest absolute Gasteiger partial charge is 0.496 e. The van der Waals surface area contributed by atoms with Gasteiger partial charge in [-0.25, -0.2) is 0 Å². The monoisotopic (exact) mass is 366 g/mol. The third-order valence-corrected chi connectivity index (χ3v) is 4.96. The standard InChI is InChI=1S/C22H26N2O3/c1-27-20-9-5-4-7-18(20)10-11-21(25)23-14-12-22(26)24-15-13-17-6-2-3-8-19(17)16-24/h2-9H,10-16H2,1H3,(H,23,25). The van der Waals surface area contributed by atoms with E-state index < -0.39 is 0 Å². The number of amides is 2. The number of methoxy groups -OCH3 is 1. The number of rotatable bonds is 7. The number of ether oxygens (including phenoxy) is 1. The third kappa shape index (κ3) is 5.09. The van der Waals surface area contributed by atoms with Crippen LogP contribution in [0, 0.1) is 0 Å². The van der Waals surface area contributed by atoms with E-state index in [-0.39, 0.29) is 11.8 Å².